The van der Waals surface area contributed by atoms with Gasteiger partial charge in [-0.3, -0.25) is 9.30 Å². The standard InChI is InChI=1S/C29H30FN3O5S/c1-18(2)37-26-15-23-25(16-24(26)33(39(4,34)35)17-19-5-11-22(36-3)12-6-19)38-28(20-7-9-21(30)10-8-20)27(23)29-31-13-14-32-29/h5-12,15-16,18H,13-14,17H2,1-4H3,(H,31,32). The van der Waals surface area contributed by atoms with Gasteiger partial charge in [-0.1, -0.05) is 12.1 Å². The molecule has 0 unspecified atom stereocenters. The highest BCUT2D eigenvalue weighted by molar-refractivity contribution is 7.92. The number of anilines is 1. The molecule has 0 fully saturated rings. The normalized spacial score (nSPS) is 13.4. The molecule has 0 bridgehead atoms. The minimum atomic E-state index is -3.73. The first-order chi connectivity index (χ1) is 18.6. The highest BCUT2D eigenvalue weighted by atomic mass is 32.2. The summed E-state index contributed by atoms with van der Waals surface area (Å²) >= 11 is 0. The molecule has 39 heavy (non-hydrogen) atoms. The largest absolute Gasteiger partial charge is 0.497 e. The molecule has 1 aliphatic heterocycles. The molecule has 0 saturated heterocycles. The zero-order valence-electron chi connectivity index (χ0n) is 22.2. The van der Waals surface area contributed by atoms with E-state index in [-0.39, 0.29) is 18.5 Å². The first-order valence-electron chi connectivity index (χ1n) is 12.6. The number of nitrogens with one attached hydrogen (secondary N) is 1. The van der Waals surface area contributed by atoms with Gasteiger partial charge in [0.25, 0.3) is 0 Å². The molecule has 3 aromatic carbocycles. The van der Waals surface area contributed by atoms with Gasteiger partial charge in [-0.05, 0) is 61.9 Å². The van der Waals surface area contributed by atoms with Crippen LogP contribution in [0.3, 0.4) is 0 Å². The summed E-state index contributed by atoms with van der Waals surface area (Å²) < 4.78 is 59.0. The molecule has 10 heteroatoms. The fourth-order valence-corrected chi connectivity index (χ4v) is 5.42. The lowest BCUT2D eigenvalue weighted by molar-refractivity contribution is 0.243. The third kappa shape index (κ3) is 5.56. The van der Waals surface area contributed by atoms with Crippen LogP contribution in [-0.2, 0) is 16.6 Å². The average Bonchev–Trinajstić information content (AvgIpc) is 3.54. The van der Waals surface area contributed by atoms with Gasteiger partial charge in [0, 0.05) is 23.6 Å². The lowest BCUT2D eigenvalue weighted by Crippen LogP contribution is -2.30. The third-order valence-electron chi connectivity index (χ3n) is 6.30. The number of halogens is 1. The van der Waals surface area contributed by atoms with E-state index >= 15 is 0 Å². The molecule has 5 rings (SSSR count). The molecule has 4 aromatic rings. The first-order valence-corrected chi connectivity index (χ1v) is 14.4. The third-order valence-corrected chi connectivity index (χ3v) is 7.43. The van der Waals surface area contributed by atoms with Gasteiger partial charge in [0.2, 0.25) is 10.0 Å². The summed E-state index contributed by atoms with van der Waals surface area (Å²) in [4.78, 5) is 4.60. The fourth-order valence-electron chi connectivity index (χ4n) is 4.54. The Balaban J connectivity index is 1.71. The summed E-state index contributed by atoms with van der Waals surface area (Å²) in [5, 5.41) is 4.00. The predicted octanol–water partition coefficient (Wildman–Crippen LogP) is 5.35. The average molecular weight is 552 g/mol. The smallest absolute Gasteiger partial charge is 0.232 e. The Hall–Kier alpha value is -4.05. The lowest BCUT2D eigenvalue weighted by Gasteiger charge is -2.26. The number of sulfonamides is 1. The SMILES string of the molecule is COc1ccc(CN(c2cc3oc(-c4ccc(F)cc4)c(C4=NCCN4)c3cc2OC(C)C)S(C)(=O)=O)cc1. The Morgan fingerprint density at radius 1 is 1.10 bits per heavy atom. The number of aliphatic imine (C=N–C) groups is 1. The van der Waals surface area contributed by atoms with Crippen molar-refractivity contribution in [2.45, 2.75) is 26.5 Å². The van der Waals surface area contributed by atoms with Gasteiger partial charge < -0.3 is 19.2 Å². The molecule has 8 nitrogen and oxygen atoms in total. The Bertz CT molecular complexity index is 1630. The molecule has 0 radical (unpaired) electrons. The van der Waals surface area contributed by atoms with Gasteiger partial charge in [0.15, 0.2) is 0 Å². The number of hydrogen-bond donors (Lipinski definition) is 1. The number of methoxy groups -OCH3 is 1. The van der Waals surface area contributed by atoms with Crippen LogP contribution in [-0.4, -0.2) is 46.8 Å². The van der Waals surface area contributed by atoms with Gasteiger partial charge >= 0.3 is 0 Å². The van der Waals surface area contributed by atoms with Crippen LogP contribution in [0.25, 0.3) is 22.3 Å². The van der Waals surface area contributed by atoms with E-state index in [4.69, 9.17) is 13.9 Å². The van der Waals surface area contributed by atoms with E-state index in [0.29, 0.717) is 58.4 Å². The van der Waals surface area contributed by atoms with E-state index in [9.17, 15) is 12.8 Å². The van der Waals surface area contributed by atoms with Crippen molar-refractivity contribution in [3.05, 3.63) is 77.6 Å². The van der Waals surface area contributed by atoms with Crippen molar-refractivity contribution in [2.75, 3.05) is 30.8 Å². The molecule has 0 spiro atoms. The highest BCUT2D eigenvalue weighted by Crippen LogP contribution is 2.42. The van der Waals surface area contributed by atoms with E-state index < -0.39 is 10.0 Å². The number of furan rings is 1. The van der Waals surface area contributed by atoms with Crippen LogP contribution in [0.2, 0.25) is 0 Å². The zero-order chi connectivity index (χ0) is 27.7. The van der Waals surface area contributed by atoms with Gasteiger partial charge in [0.1, 0.15) is 34.5 Å². The second kappa shape index (κ2) is 10.6. The van der Waals surface area contributed by atoms with Crippen molar-refractivity contribution < 1.29 is 26.7 Å². The summed E-state index contributed by atoms with van der Waals surface area (Å²) in [6, 6.07) is 16.7. The molecule has 2 heterocycles. The molecular weight excluding hydrogens is 521 g/mol. The van der Waals surface area contributed by atoms with Crippen molar-refractivity contribution in [3.63, 3.8) is 0 Å². The van der Waals surface area contributed by atoms with Crippen LogP contribution in [0, 0.1) is 5.82 Å². The monoisotopic (exact) mass is 551 g/mol. The van der Waals surface area contributed by atoms with Crippen LogP contribution in [0.5, 0.6) is 11.5 Å². The van der Waals surface area contributed by atoms with Gasteiger partial charge in [-0.25, -0.2) is 12.8 Å². The molecule has 1 N–H and O–H groups in total. The van der Waals surface area contributed by atoms with E-state index in [1.807, 2.05) is 26.0 Å². The van der Waals surface area contributed by atoms with E-state index in [1.54, 1.807) is 43.5 Å². The van der Waals surface area contributed by atoms with Gasteiger partial charge in [0.05, 0.1) is 43.8 Å². The minimum Gasteiger partial charge on any atom is -0.497 e. The maximum atomic E-state index is 13.7. The minimum absolute atomic E-state index is 0.0788. The van der Waals surface area contributed by atoms with E-state index in [2.05, 4.69) is 10.3 Å². The molecule has 0 atom stereocenters. The van der Waals surface area contributed by atoms with Crippen LogP contribution in [0.4, 0.5) is 10.1 Å². The number of fused-ring (bicyclic) bond motifs is 1. The molecule has 0 amide bonds. The fraction of sp³-hybridized carbons (Fsp3) is 0.276. The molecule has 0 aliphatic carbocycles. The van der Waals surface area contributed by atoms with Crippen LogP contribution in [0.1, 0.15) is 25.0 Å². The topological polar surface area (TPSA) is 93.4 Å². The Morgan fingerprint density at radius 3 is 2.41 bits per heavy atom. The first kappa shape index (κ1) is 26.6. The highest BCUT2D eigenvalue weighted by Gasteiger charge is 2.28. The number of hydrogen-bond acceptors (Lipinski definition) is 7. The molecule has 204 valence electrons. The summed E-state index contributed by atoms with van der Waals surface area (Å²) in [6.07, 6.45) is 0.937. The summed E-state index contributed by atoms with van der Waals surface area (Å²) in [7, 11) is -2.16. The Morgan fingerprint density at radius 2 is 1.82 bits per heavy atom. The van der Waals surface area contributed by atoms with Crippen LogP contribution in [0.15, 0.2) is 70.1 Å². The molecule has 1 aromatic heterocycles. The number of ether oxygens (including phenoxy) is 2. The molecule has 0 saturated carbocycles. The maximum absolute atomic E-state index is 13.7. The summed E-state index contributed by atoms with van der Waals surface area (Å²) in [5.41, 5.74) is 2.96. The van der Waals surface area contributed by atoms with Crippen molar-refractivity contribution >= 4 is 32.5 Å². The van der Waals surface area contributed by atoms with Crippen molar-refractivity contribution in [1.29, 1.82) is 0 Å². The second-order valence-electron chi connectivity index (χ2n) is 9.57. The number of benzene rings is 3. The quantitative estimate of drug-likeness (QED) is 0.301. The summed E-state index contributed by atoms with van der Waals surface area (Å²) in [5.74, 6) is 1.88. The molecular formula is C29H30FN3O5S. The van der Waals surface area contributed by atoms with Gasteiger partial charge in [-0.2, -0.15) is 0 Å². The van der Waals surface area contributed by atoms with Crippen LogP contribution >= 0.6 is 0 Å². The van der Waals surface area contributed by atoms with Crippen molar-refractivity contribution in [2.24, 2.45) is 4.99 Å². The number of rotatable bonds is 9. The number of nitrogens with zero attached hydrogens (tertiary/aromatic N) is 2. The predicted molar refractivity (Wildman–Crippen MR) is 151 cm³/mol. The second-order valence-corrected chi connectivity index (χ2v) is 11.5. The van der Waals surface area contributed by atoms with Crippen molar-refractivity contribution in [3.8, 4) is 22.8 Å². The van der Waals surface area contributed by atoms with E-state index in [0.717, 1.165) is 17.4 Å². The Labute approximate surface area is 227 Å². The molecule has 1 aliphatic rings. The summed E-state index contributed by atoms with van der Waals surface area (Å²) in [6.45, 7) is 5.13. The van der Waals surface area contributed by atoms with Gasteiger partial charge in [-0.15, -0.1) is 0 Å². The van der Waals surface area contributed by atoms with E-state index in [1.165, 1.54) is 16.4 Å². The van der Waals surface area contributed by atoms with Crippen LogP contribution < -0.4 is 19.1 Å². The van der Waals surface area contributed by atoms with Crippen molar-refractivity contribution in [1.82, 2.24) is 5.32 Å². The lowest BCUT2D eigenvalue weighted by atomic mass is 10.0. The zero-order valence-corrected chi connectivity index (χ0v) is 23.0. The Kier molecular flexibility index (Phi) is 7.22. The maximum Gasteiger partial charge on any atom is 0.232 e. The number of amidine groups is 1.